The lowest BCUT2D eigenvalue weighted by atomic mass is 9.98. The fourth-order valence-electron chi connectivity index (χ4n) is 4.63. The number of carboxylic acids is 1. The standard InChI is InChI=1S/C28H29NO7/c1-33-24-14-17(15-25(34-2)26(24)35-3)12-13-23(27(30)31)29-28(32)36-16-22-20-10-6-4-8-18(20)19-9-5-7-11-21(19)22/h4-11,14-15,22-23H,12-13,16H2,1-3H3,(H,29,32)(H,30,31). The Morgan fingerprint density at radius 3 is 1.94 bits per heavy atom. The highest BCUT2D eigenvalue weighted by Crippen LogP contribution is 2.44. The molecule has 0 saturated carbocycles. The van der Waals surface area contributed by atoms with Gasteiger partial charge >= 0.3 is 12.1 Å². The molecule has 3 aromatic rings. The Bertz CT molecular complexity index is 1190. The van der Waals surface area contributed by atoms with Gasteiger partial charge in [-0.1, -0.05) is 48.5 Å². The van der Waals surface area contributed by atoms with Crippen LogP contribution in [0.4, 0.5) is 4.79 Å². The maximum Gasteiger partial charge on any atom is 0.407 e. The molecule has 0 aliphatic heterocycles. The number of hydrogen-bond acceptors (Lipinski definition) is 6. The van der Waals surface area contributed by atoms with Crippen LogP contribution in [0.2, 0.25) is 0 Å². The second-order valence-corrected chi connectivity index (χ2v) is 8.43. The Hall–Kier alpha value is -4.20. The van der Waals surface area contributed by atoms with Gasteiger partial charge in [-0.2, -0.15) is 0 Å². The Labute approximate surface area is 209 Å². The summed E-state index contributed by atoms with van der Waals surface area (Å²) >= 11 is 0. The first-order valence-corrected chi connectivity index (χ1v) is 11.6. The molecule has 3 aromatic carbocycles. The molecule has 1 aliphatic carbocycles. The summed E-state index contributed by atoms with van der Waals surface area (Å²) in [6.07, 6.45) is -0.260. The number of aryl methyl sites for hydroxylation is 1. The maximum atomic E-state index is 12.6. The van der Waals surface area contributed by atoms with E-state index in [1.807, 2.05) is 36.4 Å². The van der Waals surface area contributed by atoms with Gasteiger partial charge < -0.3 is 29.4 Å². The molecule has 188 valence electrons. The molecule has 36 heavy (non-hydrogen) atoms. The van der Waals surface area contributed by atoms with Crippen molar-refractivity contribution in [2.24, 2.45) is 0 Å². The predicted molar refractivity (Wildman–Crippen MR) is 134 cm³/mol. The first kappa shape index (κ1) is 24.9. The number of nitrogens with one attached hydrogen (secondary N) is 1. The third kappa shape index (κ3) is 5.07. The zero-order valence-corrected chi connectivity index (χ0v) is 20.4. The van der Waals surface area contributed by atoms with Gasteiger partial charge in [0.15, 0.2) is 11.5 Å². The van der Waals surface area contributed by atoms with E-state index in [1.165, 1.54) is 21.3 Å². The molecule has 0 saturated heterocycles. The molecule has 0 aromatic heterocycles. The maximum absolute atomic E-state index is 12.6. The lowest BCUT2D eigenvalue weighted by Gasteiger charge is -2.18. The molecule has 0 radical (unpaired) electrons. The van der Waals surface area contributed by atoms with E-state index in [2.05, 4.69) is 17.4 Å². The molecule has 4 rings (SSSR count). The summed E-state index contributed by atoms with van der Waals surface area (Å²) in [6, 6.07) is 18.4. The van der Waals surface area contributed by atoms with Crippen molar-refractivity contribution in [2.45, 2.75) is 24.8 Å². The fraction of sp³-hybridized carbons (Fsp3) is 0.286. The highest BCUT2D eigenvalue weighted by molar-refractivity contribution is 5.81. The van der Waals surface area contributed by atoms with Crippen LogP contribution < -0.4 is 19.5 Å². The van der Waals surface area contributed by atoms with Gasteiger partial charge in [-0.3, -0.25) is 0 Å². The predicted octanol–water partition coefficient (Wildman–Crippen LogP) is 4.64. The summed E-state index contributed by atoms with van der Waals surface area (Å²) in [5.74, 6) is 0.156. The fourth-order valence-corrected chi connectivity index (χ4v) is 4.63. The normalized spacial score (nSPS) is 12.8. The highest BCUT2D eigenvalue weighted by atomic mass is 16.5. The zero-order chi connectivity index (χ0) is 25.7. The summed E-state index contributed by atoms with van der Waals surface area (Å²) in [5.41, 5.74) is 5.20. The number of amides is 1. The van der Waals surface area contributed by atoms with Crippen molar-refractivity contribution in [3.63, 3.8) is 0 Å². The van der Waals surface area contributed by atoms with Crippen molar-refractivity contribution in [2.75, 3.05) is 27.9 Å². The van der Waals surface area contributed by atoms with Crippen LogP contribution in [-0.2, 0) is 16.0 Å². The third-order valence-corrected chi connectivity index (χ3v) is 6.38. The summed E-state index contributed by atoms with van der Waals surface area (Å²) in [7, 11) is 4.54. The van der Waals surface area contributed by atoms with Crippen LogP contribution in [0.5, 0.6) is 17.2 Å². The lowest BCUT2D eigenvalue weighted by molar-refractivity contribution is -0.139. The van der Waals surface area contributed by atoms with Crippen molar-refractivity contribution < 1.29 is 33.6 Å². The minimum absolute atomic E-state index is 0.106. The molecular formula is C28H29NO7. The molecule has 2 N–H and O–H groups in total. The summed E-state index contributed by atoms with van der Waals surface area (Å²) in [6.45, 7) is 0.110. The van der Waals surface area contributed by atoms with Gasteiger partial charge in [0.25, 0.3) is 0 Å². The van der Waals surface area contributed by atoms with Crippen LogP contribution in [0.25, 0.3) is 11.1 Å². The first-order chi connectivity index (χ1) is 17.5. The van der Waals surface area contributed by atoms with Crippen molar-refractivity contribution in [3.8, 4) is 28.4 Å². The molecule has 8 heteroatoms. The van der Waals surface area contributed by atoms with Crippen molar-refractivity contribution in [1.29, 1.82) is 0 Å². The molecular weight excluding hydrogens is 462 g/mol. The Balaban J connectivity index is 1.40. The van der Waals surface area contributed by atoms with E-state index in [1.54, 1.807) is 12.1 Å². The summed E-state index contributed by atoms with van der Waals surface area (Å²) < 4.78 is 21.5. The number of methoxy groups -OCH3 is 3. The molecule has 0 heterocycles. The minimum atomic E-state index is -1.14. The van der Waals surface area contributed by atoms with E-state index < -0.39 is 18.1 Å². The molecule has 0 spiro atoms. The number of alkyl carbamates (subject to hydrolysis) is 1. The Morgan fingerprint density at radius 1 is 0.889 bits per heavy atom. The molecule has 8 nitrogen and oxygen atoms in total. The largest absolute Gasteiger partial charge is 0.493 e. The summed E-state index contributed by atoms with van der Waals surface area (Å²) in [5, 5.41) is 12.2. The van der Waals surface area contributed by atoms with E-state index in [0.717, 1.165) is 27.8 Å². The number of carboxylic acid groups (broad SMARTS) is 1. The molecule has 1 atom stereocenters. The Morgan fingerprint density at radius 2 is 1.44 bits per heavy atom. The number of carbonyl (C=O) groups is 2. The van der Waals surface area contributed by atoms with Crippen LogP contribution >= 0.6 is 0 Å². The zero-order valence-electron chi connectivity index (χ0n) is 20.4. The molecule has 1 aliphatic rings. The number of rotatable bonds is 10. The third-order valence-electron chi connectivity index (χ3n) is 6.38. The summed E-state index contributed by atoms with van der Waals surface area (Å²) in [4.78, 5) is 24.4. The Kier molecular flexibility index (Phi) is 7.63. The highest BCUT2D eigenvalue weighted by Gasteiger charge is 2.29. The minimum Gasteiger partial charge on any atom is -0.493 e. The number of fused-ring (bicyclic) bond motifs is 3. The van der Waals surface area contributed by atoms with Crippen molar-refractivity contribution in [1.82, 2.24) is 5.32 Å². The average molecular weight is 492 g/mol. The molecule has 0 fully saturated rings. The smallest absolute Gasteiger partial charge is 0.407 e. The number of carbonyl (C=O) groups excluding carboxylic acids is 1. The van der Waals surface area contributed by atoms with E-state index in [0.29, 0.717) is 23.7 Å². The van der Waals surface area contributed by atoms with Crippen molar-refractivity contribution >= 4 is 12.1 Å². The van der Waals surface area contributed by atoms with Gasteiger partial charge in [0.1, 0.15) is 12.6 Å². The quantitative estimate of drug-likeness (QED) is 0.426. The van der Waals surface area contributed by atoms with Gasteiger partial charge in [0.05, 0.1) is 21.3 Å². The van der Waals surface area contributed by atoms with Crippen LogP contribution in [0.3, 0.4) is 0 Å². The lowest BCUT2D eigenvalue weighted by Crippen LogP contribution is -2.41. The second kappa shape index (κ2) is 11.0. The monoisotopic (exact) mass is 491 g/mol. The number of ether oxygens (including phenoxy) is 4. The number of benzene rings is 3. The molecule has 0 bridgehead atoms. The van der Waals surface area contributed by atoms with E-state index in [9.17, 15) is 14.7 Å². The van der Waals surface area contributed by atoms with Crippen LogP contribution in [0.15, 0.2) is 60.7 Å². The average Bonchev–Trinajstić information content (AvgIpc) is 3.22. The van der Waals surface area contributed by atoms with Crippen LogP contribution in [0.1, 0.15) is 29.0 Å². The van der Waals surface area contributed by atoms with Gasteiger partial charge in [-0.15, -0.1) is 0 Å². The topological polar surface area (TPSA) is 103 Å². The van der Waals surface area contributed by atoms with Crippen LogP contribution in [0, 0.1) is 0 Å². The van der Waals surface area contributed by atoms with Gasteiger partial charge in [0.2, 0.25) is 5.75 Å². The SMILES string of the molecule is COc1cc(CCC(NC(=O)OCC2c3ccccc3-c3ccccc32)C(=O)O)cc(OC)c1OC. The van der Waals surface area contributed by atoms with E-state index in [-0.39, 0.29) is 18.9 Å². The number of hydrogen-bond donors (Lipinski definition) is 2. The van der Waals surface area contributed by atoms with Gasteiger partial charge in [-0.25, -0.2) is 9.59 Å². The van der Waals surface area contributed by atoms with Crippen LogP contribution in [-0.4, -0.2) is 51.1 Å². The molecule has 1 amide bonds. The van der Waals surface area contributed by atoms with Crippen molar-refractivity contribution in [3.05, 3.63) is 77.4 Å². The second-order valence-electron chi connectivity index (χ2n) is 8.43. The van der Waals surface area contributed by atoms with Gasteiger partial charge in [0, 0.05) is 5.92 Å². The van der Waals surface area contributed by atoms with Gasteiger partial charge in [-0.05, 0) is 52.8 Å². The first-order valence-electron chi connectivity index (χ1n) is 11.6. The van der Waals surface area contributed by atoms with E-state index in [4.69, 9.17) is 18.9 Å². The number of aliphatic carboxylic acids is 1. The molecule has 1 unspecified atom stereocenters. The van der Waals surface area contributed by atoms with E-state index >= 15 is 0 Å².